The van der Waals surface area contributed by atoms with Gasteiger partial charge < -0.3 is 9.84 Å². The van der Waals surface area contributed by atoms with E-state index in [2.05, 4.69) is 18.3 Å². The van der Waals surface area contributed by atoms with Crippen molar-refractivity contribution >= 4 is 5.97 Å². The zero-order valence-electron chi connectivity index (χ0n) is 10.6. The highest BCUT2D eigenvalue weighted by Gasteiger charge is 2.36. The molecule has 0 aromatic heterocycles. The zero-order chi connectivity index (χ0) is 13.8. The number of hydrogen-bond donors (Lipinski definition) is 1. The van der Waals surface area contributed by atoms with Crippen molar-refractivity contribution in [2.45, 2.75) is 44.2 Å². The summed E-state index contributed by atoms with van der Waals surface area (Å²) in [6.07, 6.45) is 1.51. The van der Waals surface area contributed by atoms with Crippen LogP contribution in [0.3, 0.4) is 0 Å². The Morgan fingerprint density at radius 3 is 2.89 bits per heavy atom. The van der Waals surface area contributed by atoms with E-state index in [1.807, 2.05) is 0 Å². The fraction of sp³-hybridized carbons (Fsp3) is 0.615. The molecule has 1 fully saturated rings. The summed E-state index contributed by atoms with van der Waals surface area (Å²) in [5, 5.41) is 13.3. The molecule has 1 aliphatic carbocycles. The Hall–Kier alpha value is -1.49. The summed E-state index contributed by atoms with van der Waals surface area (Å²) in [6.45, 7) is 8.93. The van der Waals surface area contributed by atoms with Crippen molar-refractivity contribution in [3.05, 3.63) is 29.2 Å². The first-order valence-electron chi connectivity index (χ1n) is 5.90. The van der Waals surface area contributed by atoms with E-state index in [9.17, 15) is 14.8 Å². The minimum Gasteiger partial charge on any atom is -0.462 e. The average Bonchev–Trinajstić information content (AvgIpc) is 2.27. The van der Waals surface area contributed by atoms with Crippen molar-refractivity contribution in [3.63, 3.8) is 0 Å². The summed E-state index contributed by atoms with van der Waals surface area (Å²) in [7, 11) is 0. The molecule has 1 N–H and O–H groups in total. The first-order chi connectivity index (χ1) is 8.36. The second-order valence-electron chi connectivity index (χ2n) is 4.98. The highest BCUT2D eigenvalue weighted by Crippen LogP contribution is 2.35. The second-order valence-corrected chi connectivity index (χ2v) is 4.98. The zero-order valence-corrected chi connectivity index (χ0v) is 10.6. The van der Waals surface area contributed by atoms with Crippen molar-refractivity contribution in [2.24, 2.45) is 5.18 Å². The minimum atomic E-state index is -1.05. The van der Waals surface area contributed by atoms with Gasteiger partial charge in [0, 0.05) is 18.4 Å². The molecule has 0 bridgehead atoms. The standard InChI is InChI=1S/C13H19NO4/c1-9(2)12(15)18-5-4-13(16)7-10(3)6-11(8-13)14-17/h11,16H,1,3-8H2,2H3. The van der Waals surface area contributed by atoms with Gasteiger partial charge in [0.15, 0.2) is 0 Å². The van der Waals surface area contributed by atoms with Gasteiger partial charge in [0.1, 0.15) is 0 Å². The van der Waals surface area contributed by atoms with Crippen LogP contribution >= 0.6 is 0 Å². The first-order valence-corrected chi connectivity index (χ1v) is 5.90. The third kappa shape index (κ3) is 4.07. The lowest BCUT2D eigenvalue weighted by Gasteiger charge is -2.35. The predicted octanol–water partition coefficient (Wildman–Crippen LogP) is 2.10. The number of nitroso groups, excluding NO2 is 1. The molecule has 0 heterocycles. The Balaban J connectivity index is 2.48. The summed E-state index contributed by atoms with van der Waals surface area (Å²) in [4.78, 5) is 21.7. The van der Waals surface area contributed by atoms with Crippen LogP contribution < -0.4 is 0 Å². The van der Waals surface area contributed by atoms with Gasteiger partial charge in [-0.15, -0.1) is 0 Å². The SMILES string of the molecule is C=C1CC(N=O)CC(O)(CCOC(=O)C(=C)C)C1. The number of aliphatic hydroxyl groups is 1. The summed E-state index contributed by atoms with van der Waals surface area (Å²) in [5.41, 5.74) is 0.0746. The molecule has 2 unspecified atom stereocenters. The van der Waals surface area contributed by atoms with Gasteiger partial charge in [-0.1, -0.05) is 23.9 Å². The Kier molecular flexibility index (Phi) is 4.78. The van der Waals surface area contributed by atoms with Crippen LogP contribution in [0.2, 0.25) is 0 Å². The number of esters is 1. The molecule has 5 nitrogen and oxygen atoms in total. The normalized spacial score (nSPS) is 27.7. The molecule has 5 heteroatoms. The lowest BCUT2D eigenvalue weighted by Crippen LogP contribution is -2.38. The van der Waals surface area contributed by atoms with E-state index < -0.39 is 17.6 Å². The van der Waals surface area contributed by atoms with E-state index in [4.69, 9.17) is 4.74 Å². The Bertz CT molecular complexity index is 377. The number of ether oxygens (including phenoxy) is 1. The molecule has 0 aliphatic heterocycles. The van der Waals surface area contributed by atoms with Crippen LogP contribution in [0, 0.1) is 4.91 Å². The highest BCUT2D eigenvalue weighted by atomic mass is 16.5. The van der Waals surface area contributed by atoms with Crippen molar-refractivity contribution in [2.75, 3.05) is 6.61 Å². The van der Waals surface area contributed by atoms with Gasteiger partial charge in [-0.25, -0.2) is 4.79 Å². The predicted molar refractivity (Wildman–Crippen MR) is 67.9 cm³/mol. The molecular weight excluding hydrogens is 234 g/mol. The fourth-order valence-electron chi connectivity index (χ4n) is 2.18. The topological polar surface area (TPSA) is 76.0 Å². The molecule has 1 aliphatic rings. The van der Waals surface area contributed by atoms with Gasteiger partial charge in [-0.3, -0.25) is 0 Å². The van der Waals surface area contributed by atoms with Crippen LogP contribution in [0.1, 0.15) is 32.6 Å². The number of carbonyl (C=O) groups excluding carboxylic acids is 1. The largest absolute Gasteiger partial charge is 0.462 e. The molecule has 100 valence electrons. The molecule has 0 aromatic carbocycles. The number of nitrogens with zero attached hydrogens (tertiary/aromatic N) is 1. The maximum absolute atomic E-state index is 11.2. The van der Waals surface area contributed by atoms with E-state index in [-0.39, 0.29) is 13.0 Å². The van der Waals surface area contributed by atoms with Crippen molar-refractivity contribution in [1.29, 1.82) is 0 Å². The summed E-state index contributed by atoms with van der Waals surface area (Å²) in [5.74, 6) is -0.474. The summed E-state index contributed by atoms with van der Waals surface area (Å²) >= 11 is 0. The quantitative estimate of drug-likeness (QED) is 0.352. The molecule has 0 radical (unpaired) electrons. The number of rotatable bonds is 5. The van der Waals surface area contributed by atoms with Gasteiger partial charge in [0.05, 0.1) is 18.2 Å². The molecule has 1 saturated carbocycles. The van der Waals surface area contributed by atoms with E-state index in [1.54, 1.807) is 6.92 Å². The summed E-state index contributed by atoms with van der Waals surface area (Å²) in [6, 6.07) is -0.437. The van der Waals surface area contributed by atoms with Crippen LogP contribution in [-0.4, -0.2) is 29.3 Å². The Labute approximate surface area is 106 Å². The van der Waals surface area contributed by atoms with Crippen molar-refractivity contribution < 1.29 is 14.6 Å². The number of carbonyl (C=O) groups is 1. The third-order valence-electron chi connectivity index (χ3n) is 3.02. The van der Waals surface area contributed by atoms with Gasteiger partial charge in [0.25, 0.3) is 0 Å². The van der Waals surface area contributed by atoms with E-state index in [0.717, 1.165) is 5.57 Å². The molecule has 0 aromatic rings. The van der Waals surface area contributed by atoms with Crippen LogP contribution in [0.15, 0.2) is 29.5 Å². The maximum Gasteiger partial charge on any atom is 0.333 e. The van der Waals surface area contributed by atoms with E-state index in [0.29, 0.717) is 24.8 Å². The Morgan fingerprint density at radius 2 is 2.33 bits per heavy atom. The van der Waals surface area contributed by atoms with Crippen molar-refractivity contribution in [1.82, 2.24) is 0 Å². The van der Waals surface area contributed by atoms with E-state index >= 15 is 0 Å². The first kappa shape index (κ1) is 14.6. The van der Waals surface area contributed by atoms with Crippen LogP contribution in [0.4, 0.5) is 0 Å². The van der Waals surface area contributed by atoms with E-state index in [1.165, 1.54) is 0 Å². The lowest BCUT2D eigenvalue weighted by molar-refractivity contribution is -0.140. The molecule has 18 heavy (non-hydrogen) atoms. The molecule has 2 atom stereocenters. The highest BCUT2D eigenvalue weighted by molar-refractivity contribution is 5.86. The van der Waals surface area contributed by atoms with Gasteiger partial charge in [-0.2, -0.15) is 4.91 Å². The van der Waals surface area contributed by atoms with Crippen LogP contribution in [0.5, 0.6) is 0 Å². The Morgan fingerprint density at radius 1 is 1.67 bits per heavy atom. The second kappa shape index (κ2) is 5.91. The minimum absolute atomic E-state index is 0.0983. The molecule has 1 rings (SSSR count). The van der Waals surface area contributed by atoms with Gasteiger partial charge in [0.2, 0.25) is 0 Å². The van der Waals surface area contributed by atoms with Crippen LogP contribution in [-0.2, 0) is 9.53 Å². The average molecular weight is 253 g/mol. The van der Waals surface area contributed by atoms with Gasteiger partial charge >= 0.3 is 5.97 Å². The monoisotopic (exact) mass is 253 g/mol. The summed E-state index contributed by atoms with van der Waals surface area (Å²) < 4.78 is 4.94. The fourth-order valence-corrected chi connectivity index (χ4v) is 2.18. The molecule has 0 saturated heterocycles. The smallest absolute Gasteiger partial charge is 0.333 e. The van der Waals surface area contributed by atoms with Crippen LogP contribution in [0.25, 0.3) is 0 Å². The van der Waals surface area contributed by atoms with Gasteiger partial charge in [-0.05, 0) is 19.8 Å². The maximum atomic E-state index is 11.2. The van der Waals surface area contributed by atoms with Crippen molar-refractivity contribution in [3.8, 4) is 0 Å². The molecule has 0 spiro atoms. The molecular formula is C13H19NO4. The lowest BCUT2D eigenvalue weighted by atomic mass is 9.78. The number of hydrogen-bond acceptors (Lipinski definition) is 5. The third-order valence-corrected chi connectivity index (χ3v) is 3.02. The molecule has 0 amide bonds.